The smallest absolute Gasteiger partial charge is 0.322 e. The van der Waals surface area contributed by atoms with Crippen molar-refractivity contribution in [1.29, 1.82) is 0 Å². The van der Waals surface area contributed by atoms with Gasteiger partial charge in [0.25, 0.3) is 0 Å². The number of carbonyl (C=O) groups is 1. The summed E-state index contributed by atoms with van der Waals surface area (Å²) in [7, 11) is 0. The van der Waals surface area contributed by atoms with Crippen LogP contribution in [0.1, 0.15) is 19.0 Å². The molecule has 0 aliphatic carbocycles. The Morgan fingerprint density at radius 1 is 1.61 bits per heavy atom. The average Bonchev–Trinajstić information content (AvgIpc) is 2.36. The first-order chi connectivity index (χ1) is 8.63. The number of pyridine rings is 1. The van der Waals surface area contributed by atoms with Crippen molar-refractivity contribution in [2.75, 3.05) is 12.4 Å². The highest BCUT2D eigenvalue weighted by Gasteiger charge is 2.13. The Morgan fingerprint density at radius 3 is 3.00 bits per heavy atom. The number of halogens is 1. The number of rotatable bonds is 7. The van der Waals surface area contributed by atoms with Crippen molar-refractivity contribution in [1.82, 2.24) is 4.98 Å². The molecule has 0 aromatic carbocycles. The molecule has 0 amide bonds. The lowest BCUT2D eigenvalue weighted by Gasteiger charge is -2.09. The topological polar surface area (TPSA) is 65.2 Å². The molecule has 0 fully saturated rings. The van der Waals surface area contributed by atoms with Crippen LogP contribution < -0.4 is 5.73 Å². The van der Waals surface area contributed by atoms with Gasteiger partial charge < -0.3 is 10.5 Å². The molecule has 0 spiro atoms. The first kappa shape index (κ1) is 15.5. The van der Waals surface area contributed by atoms with Gasteiger partial charge in [0.2, 0.25) is 0 Å². The quantitative estimate of drug-likeness (QED) is 0.613. The van der Waals surface area contributed by atoms with Crippen LogP contribution in [0, 0.1) is 0 Å². The summed E-state index contributed by atoms with van der Waals surface area (Å²) in [5.74, 6) is 1.32. The van der Waals surface area contributed by atoms with E-state index in [-0.39, 0.29) is 5.97 Å². The standard InChI is InChI=1S/C12H17BrN2O2S/c1-2-17-12(16)11(14)5-6-18-8-10-4-3-9(13)7-15-10/h3-4,7,11H,2,5-6,8,14H2,1H3. The first-order valence-electron chi connectivity index (χ1n) is 5.74. The zero-order valence-electron chi connectivity index (χ0n) is 10.3. The summed E-state index contributed by atoms with van der Waals surface area (Å²) >= 11 is 5.05. The molecular formula is C12H17BrN2O2S. The molecule has 0 aliphatic heterocycles. The average molecular weight is 333 g/mol. The number of ether oxygens (including phenoxy) is 1. The van der Waals surface area contributed by atoms with Crippen LogP contribution in [0.15, 0.2) is 22.8 Å². The minimum absolute atomic E-state index is 0.320. The van der Waals surface area contributed by atoms with Crippen LogP contribution in [0.4, 0.5) is 0 Å². The van der Waals surface area contributed by atoms with E-state index in [1.54, 1.807) is 24.9 Å². The van der Waals surface area contributed by atoms with Gasteiger partial charge in [0.1, 0.15) is 6.04 Å². The third-order valence-corrected chi connectivity index (χ3v) is 3.69. The van der Waals surface area contributed by atoms with E-state index in [4.69, 9.17) is 10.5 Å². The monoisotopic (exact) mass is 332 g/mol. The van der Waals surface area contributed by atoms with Gasteiger partial charge in [-0.2, -0.15) is 11.8 Å². The van der Waals surface area contributed by atoms with E-state index in [1.165, 1.54) is 0 Å². The second kappa shape index (κ2) is 8.50. The molecule has 4 nitrogen and oxygen atoms in total. The first-order valence-corrected chi connectivity index (χ1v) is 7.68. The summed E-state index contributed by atoms with van der Waals surface area (Å²) in [5.41, 5.74) is 6.71. The van der Waals surface area contributed by atoms with E-state index < -0.39 is 6.04 Å². The van der Waals surface area contributed by atoms with Gasteiger partial charge in [-0.25, -0.2) is 0 Å². The maximum atomic E-state index is 11.3. The van der Waals surface area contributed by atoms with Gasteiger partial charge in [0.15, 0.2) is 0 Å². The van der Waals surface area contributed by atoms with E-state index in [1.807, 2.05) is 12.1 Å². The number of esters is 1. The number of nitrogens with zero attached hydrogens (tertiary/aromatic N) is 1. The lowest BCUT2D eigenvalue weighted by Crippen LogP contribution is -2.32. The molecule has 18 heavy (non-hydrogen) atoms. The van der Waals surface area contributed by atoms with Crippen molar-refractivity contribution in [3.8, 4) is 0 Å². The van der Waals surface area contributed by atoms with Crippen LogP contribution in [-0.2, 0) is 15.3 Å². The third-order valence-electron chi connectivity index (χ3n) is 2.20. The van der Waals surface area contributed by atoms with Gasteiger partial charge in [-0.1, -0.05) is 0 Å². The molecule has 0 bridgehead atoms. The van der Waals surface area contributed by atoms with Crippen molar-refractivity contribution < 1.29 is 9.53 Å². The fourth-order valence-electron chi connectivity index (χ4n) is 1.25. The van der Waals surface area contributed by atoms with Crippen LogP contribution >= 0.6 is 27.7 Å². The van der Waals surface area contributed by atoms with Crippen LogP contribution in [0.5, 0.6) is 0 Å². The van der Waals surface area contributed by atoms with Gasteiger partial charge in [0.05, 0.1) is 12.3 Å². The molecule has 1 atom stereocenters. The van der Waals surface area contributed by atoms with Crippen LogP contribution in [-0.4, -0.2) is 29.4 Å². The van der Waals surface area contributed by atoms with E-state index >= 15 is 0 Å². The van der Waals surface area contributed by atoms with E-state index in [2.05, 4.69) is 20.9 Å². The lowest BCUT2D eigenvalue weighted by atomic mass is 10.2. The minimum atomic E-state index is -0.518. The van der Waals surface area contributed by atoms with Crippen molar-refractivity contribution in [3.63, 3.8) is 0 Å². The number of hydrogen-bond acceptors (Lipinski definition) is 5. The Kier molecular flexibility index (Phi) is 7.31. The predicted molar refractivity (Wildman–Crippen MR) is 77.3 cm³/mol. The largest absolute Gasteiger partial charge is 0.465 e. The molecule has 1 rings (SSSR count). The number of aromatic nitrogens is 1. The van der Waals surface area contributed by atoms with E-state index in [9.17, 15) is 4.79 Å². The van der Waals surface area contributed by atoms with E-state index in [0.29, 0.717) is 13.0 Å². The van der Waals surface area contributed by atoms with Crippen LogP contribution in [0.3, 0.4) is 0 Å². The highest BCUT2D eigenvalue weighted by atomic mass is 79.9. The summed E-state index contributed by atoms with van der Waals surface area (Å²) < 4.78 is 5.81. The van der Waals surface area contributed by atoms with Crippen LogP contribution in [0.25, 0.3) is 0 Å². The number of thioether (sulfide) groups is 1. The van der Waals surface area contributed by atoms with Crippen molar-refractivity contribution in [2.45, 2.75) is 25.1 Å². The van der Waals surface area contributed by atoms with Gasteiger partial charge >= 0.3 is 5.97 Å². The Morgan fingerprint density at radius 2 is 2.39 bits per heavy atom. The summed E-state index contributed by atoms with van der Waals surface area (Å²) in [4.78, 5) is 15.5. The van der Waals surface area contributed by atoms with Crippen molar-refractivity contribution in [2.24, 2.45) is 5.73 Å². The molecule has 1 aromatic rings. The van der Waals surface area contributed by atoms with Crippen molar-refractivity contribution in [3.05, 3.63) is 28.5 Å². The number of carbonyl (C=O) groups excluding carboxylic acids is 1. The highest BCUT2D eigenvalue weighted by molar-refractivity contribution is 9.10. The lowest BCUT2D eigenvalue weighted by molar-refractivity contribution is -0.144. The predicted octanol–water partition coefficient (Wildman–Crippen LogP) is 2.36. The van der Waals surface area contributed by atoms with Gasteiger partial charge in [-0.15, -0.1) is 0 Å². The molecule has 0 saturated carbocycles. The maximum absolute atomic E-state index is 11.3. The minimum Gasteiger partial charge on any atom is -0.465 e. The van der Waals surface area contributed by atoms with Crippen LogP contribution in [0.2, 0.25) is 0 Å². The zero-order chi connectivity index (χ0) is 13.4. The van der Waals surface area contributed by atoms with Gasteiger partial charge in [-0.05, 0) is 47.2 Å². The fraction of sp³-hybridized carbons (Fsp3) is 0.500. The SMILES string of the molecule is CCOC(=O)C(N)CCSCc1ccc(Br)cn1. The molecule has 2 N–H and O–H groups in total. The molecule has 100 valence electrons. The molecule has 0 saturated heterocycles. The summed E-state index contributed by atoms with van der Waals surface area (Å²) in [5, 5.41) is 0. The van der Waals surface area contributed by atoms with E-state index in [0.717, 1.165) is 21.7 Å². The molecule has 1 aromatic heterocycles. The maximum Gasteiger partial charge on any atom is 0.322 e. The summed E-state index contributed by atoms with van der Waals surface area (Å²) in [6, 6.07) is 3.42. The fourth-order valence-corrected chi connectivity index (χ4v) is 2.43. The Labute approximate surface area is 120 Å². The Hall–Kier alpha value is -0.590. The van der Waals surface area contributed by atoms with Gasteiger partial charge in [-0.3, -0.25) is 9.78 Å². The number of hydrogen-bond donors (Lipinski definition) is 1. The summed E-state index contributed by atoms with van der Waals surface area (Å²) in [6.07, 6.45) is 2.40. The molecule has 0 radical (unpaired) electrons. The molecule has 1 unspecified atom stereocenters. The Balaban J connectivity index is 2.18. The third kappa shape index (κ3) is 5.84. The second-order valence-electron chi connectivity index (χ2n) is 3.67. The van der Waals surface area contributed by atoms with Gasteiger partial charge in [0, 0.05) is 16.4 Å². The normalized spacial score (nSPS) is 12.2. The second-order valence-corrected chi connectivity index (χ2v) is 5.69. The Bertz CT molecular complexity index is 373. The molecule has 6 heteroatoms. The zero-order valence-corrected chi connectivity index (χ0v) is 12.7. The molecule has 1 heterocycles. The molecular weight excluding hydrogens is 316 g/mol. The van der Waals surface area contributed by atoms with Crippen molar-refractivity contribution >= 4 is 33.7 Å². The highest BCUT2D eigenvalue weighted by Crippen LogP contribution is 2.14. The number of nitrogens with two attached hydrogens (primary N) is 1. The molecule has 0 aliphatic rings. The summed E-state index contributed by atoms with van der Waals surface area (Å²) in [6.45, 7) is 2.15.